The maximum atomic E-state index is 13.5. The highest BCUT2D eigenvalue weighted by molar-refractivity contribution is 6.05. The first kappa shape index (κ1) is 28.7. The molecule has 2 aromatic carbocycles. The van der Waals surface area contributed by atoms with Gasteiger partial charge in [-0.05, 0) is 31.4 Å². The third-order valence-electron chi connectivity index (χ3n) is 8.00. The lowest BCUT2D eigenvalue weighted by Gasteiger charge is -2.39. The molecule has 3 aromatic rings. The topological polar surface area (TPSA) is 89.3 Å². The van der Waals surface area contributed by atoms with Crippen molar-refractivity contribution in [1.29, 1.82) is 0 Å². The van der Waals surface area contributed by atoms with Gasteiger partial charge in [-0.25, -0.2) is 9.79 Å². The van der Waals surface area contributed by atoms with Gasteiger partial charge >= 0.3 is 11.7 Å². The maximum Gasteiger partial charge on any atom is 0.351 e. The molecule has 216 valence electrons. The van der Waals surface area contributed by atoms with E-state index in [4.69, 9.17) is 14.5 Å². The van der Waals surface area contributed by atoms with E-state index in [0.29, 0.717) is 30.5 Å². The third kappa shape index (κ3) is 6.26. The molecule has 2 aliphatic rings. The summed E-state index contributed by atoms with van der Waals surface area (Å²) in [5, 5.41) is 0. The highest BCUT2D eigenvalue weighted by Crippen LogP contribution is 2.46. The number of carbonyl (C=O) groups is 1. The number of methoxy groups -OCH3 is 1. The van der Waals surface area contributed by atoms with E-state index in [0.717, 1.165) is 50.3 Å². The second-order valence-electron chi connectivity index (χ2n) is 10.5. The first-order chi connectivity index (χ1) is 20.0. The van der Waals surface area contributed by atoms with Crippen LogP contribution in [0.3, 0.4) is 0 Å². The second kappa shape index (κ2) is 13.2. The number of esters is 1. The van der Waals surface area contributed by atoms with Crippen LogP contribution >= 0.6 is 0 Å². The third-order valence-corrected chi connectivity index (χ3v) is 8.00. The molecule has 1 aromatic heterocycles. The Morgan fingerprint density at radius 3 is 2.32 bits per heavy atom. The molecule has 0 radical (unpaired) electrons. The summed E-state index contributed by atoms with van der Waals surface area (Å²) in [5.41, 5.74) is 3.35. The summed E-state index contributed by atoms with van der Waals surface area (Å²) in [5.74, 6) is -0.169. The lowest BCUT2D eigenvalue weighted by Crippen LogP contribution is -2.49. The van der Waals surface area contributed by atoms with E-state index in [-0.39, 0.29) is 18.3 Å². The number of ether oxygens (including phenoxy) is 2. The molecule has 2 unspecified atom stereocenters. The molecule has 3 heterocycles. The van der Waals surface area contributed by atoms with Crippen LogP contribution in [0, 0.1) is 5.92 Å². The minimum atomic E-state index is -0.620. The minimum absolute atomic E-state index is 0.278. The zero-order valence-electron chi connectivity index (χ0n) is 24.2. The van der Waals surface area contributed by atoms with Gasteiger partial charge in [0.2, 0.25) is 0 Å². The van der Waals surface area contributed by atoms with Crippen LogP contribution in [-0.2, 0) is 27.2 Å². The molecule has 0 spiro atoms. The van der Waals surface area contributed by atoms with Crippen molar-refractivity contribution < 1.29 is 14.3 Å². The van der Waals surface area contributed by atoms with E-state index >= 15 is 0 Å². The van der Waals surface area contributed by atoms with Gasteiger partial charge in [0.25, 0.3) is 0 Å². The first-order valence-corrected chi connectivity index (χ1v) is 14.4. The quantitative estimate of drug-likeness (QED) is 0.352. The van der Waals surface area contributed by atoms with Crippen LogP contribution in [0.2, 0.25) is 0 Å². The van der Waals surface area contributed by atoms with Gasteiger partial charge in [-0.2, -0.15) is 4.98 Å². The van der Waals surface area contributed by atoms with Crippen molar-refractivity contribution in [3.63, 3.8) is 0 Å². The predicted molar refractivity (Wildman–Crippen MR) is 160 cm³/mol. The van der Waals surface area contributed by atoms with Gasteiger partial charge in [0.1, 0.15) is 17.6 Å². The molecule has 1 fully saturated rings. The van der Waals surface area contributed by atoms with Crippen LogP contribution in [0.25, 0.3) is 0 Å². The standard InChI is InChI=1S/C32H39N5O4/c1-4-41-31(38)26-23(2)33-30-28(27(26)25-13-9-6-10-14-25)29(34-32(39)37(30)21-22-40-3)36-19-17-35(18-20-36)16-15-24-11-7-5-8-12-24/h5-14,26-27H,4,15-22H2,1-3H3. The van der Waals surface area contributed by atoms with Crippen LogP contribution in [-0.4, -0.2) is 79.2 Å². The Labute approximate surface area is 241 Å². The summed E-state index contributed by atoms with van der Waals surface area (Å²) in [6.07, 6.45) is 0.995. The summed E-state index contributed by atoms with van der Waals surface area (Å²) in [6, 6.07) is 20.5. The number of aliphatic imine (C=N–C) groups is 1. The number of anilines is 1. The highest BCUT2D eigenvalue weighted by atomic mass is 16.5. The Balaban J connectivity index is 1.54. The zero-order chi connectivity index (χ0) is 28.8. The van der Waals surface area contributed by atoms with E-state index in [2.05, 4.69) is 39.0 Å². The molecule has 41 heavy (non-hydrogen) atoms. The number of piperazine rings is 1. The Morgan fingerprint density at radius 2 is 1.66 bits per heavy atom. The monoisotopic (exact) mass is 557 g/mol. The summed E-state index contributed by atoms with van der Waals surface area (Å²) < 4.78 is 12.4. The molecule has 5 rings (SSSR count). The molecule has 0 N–H and O–H groups in total. The highest BCUT2D eigenvalue weighted by Gasteiger charge is 2.42. The van der Waals surface area contributed by atoms with E-state index in [1.165, 1.54) is 5.56 Å². The molecular weight excluding hydrogens is 518 g/mol. The number of aromatic nitrogens is 2. The van der Waals surface area contributed by atoms with Crippen LogP contribution in [0.5, 0.6) is 0 Å². The Hall–Kier alpha value is -3.82. The number of nitrogens with zero attached hydrogens (tertiary/aromatic N) is 5. The van der Waals surface area contributed by atoms with Gasteiger partial charge in [0.15, 0.2) is 0 Å². The van der Waals surface area contributed by atoms with Gasteiger partial charge in [0.05, 0.1) is 19.8 Å². The van der Waals surface area contributed by atoms with E-state index in [1.807, 2.05) is 50.2 Å². The van der Waals surface area contributed by atoms with Crippen LogP contribution in [0.4, 0.5) is 11.6 Å². The summed E-state index contributed by atoms with van der Waals surface area (Å²) in [4.78, 5) is 41.1. The van der Waals surface area contributed by atoms with E-state index < -0.39 is 11.8 Å². The molecule has 9 nitrogen and oxygen atoms in total. The predicted octanol–water partition coefficient (Wildman–Crippen LogP) is 3.67. The molecule has 2 atom stereocenters. The molecule has 0 aliphatic carbocycles. The number of rotatable bonds is 10. The van der Waals surface area contributed by atoms with Gasteiger partial charge in [-0.1, -0.05) is 60.7 Å². The van der Waals surface area contributed by atoms with Crippen molar-refractivity contribution in [3.8, 4) is 0 Å². The van der Waals surface area contributed by atoms with Crippen LogP contribution in [0.1, 0.15) is 36.5 Å². The molecule has 0 saturated carbocycles. The molecular formula is C32H39N5O4. The average Bonchev–Trinajstić information content (AvgIpc) is 3.00. The van der Waals surface area contributed by atoms with Crippen molar-refractivity contribution in [1.82, 2.24) is 14.5 Å². The summed E-state index contributed by atoms with van der Waals surface area (Å²) in [7, 11) is 1.61. The van der Waals surface area contributed by atoms with Crippen LogP contribution < -0.4 is 10.6 Å². The van der Waals surface area contributed by atoms with E-state index in [9.17, 15) is 9.59 Å². The fraction of sp³-hybridized carbons (Fsp3) is 0.438. The number of hydrogen-bond acceptors (Lipinski definition) is 8. The van der Waals surface area contributed by atoms with E-state index in [1.54, 1.807) is 11.7 Å². The fourth-order valence-corrected chi connectivity index (χ4v) is 5.89. The minimum Gasteiger partial charge on any atom is -0.465 e. The zero-order valence-corrected chi connectivity index (χ0v) is 24.2. The van der Waals surface area contributed by atoms with Gasteiger partial charge in [0, 0.05) is 57.0 Å². The second-order valence-corrected chi connectivity index (χ2v) is 10.5. The number of fused-ring (bicyclic) bond motifs is 1. The molecule has 1 saturated heterocycles. The Bertz CT molecular complexity index is 1420. The molecule has 2 aliphatic heterocycles. The molecule has 0 bridgehead atoms. The average molecular weight is 558 g/mol. The summed E-state index contributed by atoms with van der Waals surface area (Å²) in [6.45, 7) is 8.74. The smallest absolute Gasteiger partial charge is 0.351 e. The van der Waals surface area contributed by atoms with Crippen LogP contribution in [0.15, 0.2) is 70.5 Å². The molecule has 9 heteroatoms. The summed E-state index contributed by atoms with van der Waals surface area (Å²) >= 11 is 0. The number of benzene rings is 2. The fourth-order valence-electron chi connectivity index (χ4n) is 5.89. The number of hydrogen-bond donors (Lipinski definition) is 0. The van der Waals surface area contributed by atoms with Gasteiger partial charge in [-0.15, -0.1) is 0 Å². The first-order valence-electron chi connectivity index (χ1n) is 14.4. The lowest BCUT2D eigenvalue weighted by molar-refractivity contribution is -0.146. The maximum absolute atomic E-state index is 13.5. The Kier molecular flexibility index (Phi) is 9.26. The molecule has 0 amide bonds. The van der Waals surface area contributed by atoms with Crippen molar-refractivity contribution in [3.05, 3.63) is 87.8 Å². The largest absolute Gasteiger partial charge is 0.465 e. The van der Waals surface area contributed by atoms with Crippen molar-refractivity contribution >= 4 is 23.3 Å². The number of carbonyl (C=O) groups excluding carboxylic acids is 1. The van der Waals surface area contributed by atoms with Gasteiger partial charge < -0.3 is 14.4 Å². The van der Waals surface area contributed by atoms with Crippen molar-refractivity contribution in [2.45, 2.75) is 32.7 Å². The normalized spacial score (nSPS) is 19.0. The Morgan fingerprint density at radius 1 is 0.976 bits per heavy atom. The lowest BCUT2D eigenvalue weighted by atomic mass is 9.76. The van der Waals surface area contributed by atoms with Gasteiger partial charge in [-0.3, -0.25) is 14.3 Å². The van der Waals surface area contributed by atoms with Crippen molar-refractivity contribution in [2.75, 3.05) is 57.9 Å². The van der Waals surface area contributed by atoms with Crippen molar-refractivity contribution in [2.24, 2.45) is 10.9 Å². The SMILES string of the molecule is CCOC(=O)C1C(C)=Nc2c(c(N3CCN(CCc4ccccc4)CC3)nc(=O)n2CCOC)C1c1ccccc1.